The van der Waals surface area contributed by atoms with Crippen molar-refractivity contribution in [3.8, 4) is 0 Å². The SMILES string of the molecule is Cc1ccc(C(CNC(=O)CC(C)C2CCNCC2)N(C)C)cc1. The summed E-state index contributed by atoms with van der Waals surface area (Å²) in [7, 11) is 4.13. The van der Waals surface area contributed by atoms with Gasteiger partial charge in [0.05, 0.1) is 6.04 Å². The zero-order valence-corrected chi connectivity index (χ0v) is 15.6. The van der Waals surface area contributed by atoms with Gasteiger partial charge in [-0.3, -0.25) is 4.79 Å². The molecule has 1 amide bonds. The minimum atomic E-state index is 0.181. The van der Waals surface area contributed by atoms with E-state index in [0.717, 1.165) is 13.1 Å². The Kier molecular flexibility index (Phi) is 7.25. The molecule has 1 aromatic rings. The highest BCUT2D eigenvalue weighted by atomic mass is 16.1. The summed E-state index contributed by atoms with van der Waals surface area (Å²) in [4.78, 5) is 14.5. The molecule has 2 atom stereocenters. The predicted octanol–water partition coefficient (Wildman–Crippen LogP) is 2.74. The van der Waals surface area contributed by atoms with Crippen LogP contribution in [0.1, 0.15) is 43.4 Å². The lowest BCUT2D eigenvalue weighted by Crippen LogP contribution is -2.37. The Bertz CT molecular complexity index is 506. The van der Waals surface area contributed by atoms with E-state index < -0.39 is 0 Å². The first kappa shape index (κ1) is 18.9. The van der Waals surface area contributed by atoms with E-state index in [2.05, 4.69) is 67.7 Å². The van der Waals surface area contributed by atoms with Crippen LogP contribution in [-0.4, -0.2) is 44.5 Å². The molecule has 0 aromatic heterocycles. The number of nitrogens with zero attached hydrogens (tertiary/aromatic N) is 1. The van der Waals surface area contributed by atoms with Crippen LogP contribution in [-0.2, 0) is 4.79 Å². The molecule has 134 valence electrons. The van der Waals surface area contributed by atoms with Gasteiger partial charge < -0.3 is 15.5 Å². The van der Waals surface area contributed by atoms with Crippen LogP contribution in [0, 0.1) is 18.8 Å². The molecule has 1 aromatic carbocycles. The van der Waals surface area contributed by atoms with Crippen molar-refractivity contribution < 1.29 is 4.79 Å². The number of hydrogen-bond acceptors (Lipinski definition) is 3. The van der Waals surface area contributed by atoms with Gasteiger partial charge >= 0.3 is 0 Å². The zero-order chi connectivity index (χ0) is 17.5. The summed E-state index contributed by atoms with van der Waals surface area (Å²) in [5, 5.41) is 6.54. The number of benzene rings is 1. The molecule has 4 nitrogen and oxygen atoms in total. The Morgan fingerprint density at radius 2 is 1.88 bits per heavy atom. The minimum absolute atomic E-state index is 0.181. The fourth-order valence-electron chi connectivity index (χ4n) is 3.54. The number of nitrogens with one attached hydrogen (secondary N) is 2. The highest BCUT2D eigenvalue weighted by molar-refractivity contribution is 5.76. The minimum Gasteiger partial charge on any atom is -0.354 e. The topological polar surface area (TPSA) is 44.4 Å². The maximum absolute atomic E-state index is 12.4. The van der Waals surface area contributed by atoms with Gasteiger partial charge in [0, 0.05) is 13.0 Å². The molecule has 1 aliphatic rings. The number of carbonyl (C=O) groups excluding carboxylic acids is 1. The molecule has 2 rings (SSSR count). The summed E-state index contributed by atoms with van der Waals surface area (Å²) in [6.45, 7) is 7.16. The maximum atomic E-state index is 12.4. The Labute approximate surface area is 147 Å². The molecule has 0 bridgehead atoms. The molecule has 0 saturated carbocycles. The van der Waals surface area contributed by atoms with Crippen LogP contribution in [0.4, 0.5) is 0 Å². The van der Waals surface area contributed by atoms with E-state index in [4.69, 9.17) is 0 Å². The van der Waals surface area contributed by atoms with Crippen molar-refractivity contribution in [3.63, 3.8) is 0 Å². The van der Waals surface area contributed by atoms with Crippen LogP contribution < -0.4 is 10.6 Å². The van der Waals surface area contributed by atoms with Gasteiger partial charge in [0.15, 0.2) is 0 Å². The molecule has 1 saturated heterocycles. The highest BCUT2D eigenvalue weighted by Gasteiger charge is 2.22. The van der Waals surface area contributed by atoms with Gasteiger partial charge in [0.1, 0.15) is 0 Å². The first-order valence-electron chi connectivity index (χ1n) is 9.17. The van der Waals surface area contributed by atoms with Crippen molar-refractivity contribution in [2.45, 2.75) is 39.2 Å². The zero-order valence-electron chi connectivity index (χ0n) is 15.6. The Hall–Kier alpha value is -1.39. The monoisotopic (exact) mass is 331 g/mol. The Morgan fingerprint density at radius 3 is 2.46 bits per heavy atom. The quantitative estimate of drug-likeness (QED) is 0.807. The molecular weight excluding hydrogens is 298 g/mol. The third-order valence-corrected chi connectivity index (χ3v) is 5.27. The molecule has 1 heterocycles. The molecule has 0 radical (unpaired) electrons. The molecule has 4 heteroatoms. The third kappa shape index (κ3) is 5.60. The average molecular weight is 332 g/mol. The molecule has 2 unspecified atom stereocenters. The van der Waals surface area contributed by atoms with Gasteiger partial charge in [0.25, 0.3) is 0 Å². The number of rotatable bonds is 7. The van der Waals surface area contributed by atoms with E-state index >= 15 is 0 Å². The normalized spacial score (nSPS) is 18.4. The van der Waals surface area contributed by atoms with E-state index in [1.54, 1.807) is 0 Å². The van der Waals surface area contributed by atoms with Gasteiger partial charge in [-0.1, -0.05) is 36.8 Å². The number of piperidine rings is 1. The van der Waals surface area contributed by atoms with Crippen molar-refractivity contribution in [2.75, 3.05) is 33.7 Å². The van der Waals surface area contributed by atoms with Crippen molar-refractivity contribution in [2.24, 2.45) is 11.8 Å². The molecule has 1 aliphatic heterocycles. The number of aryl methyl sites for hydroxylation is 1. The molecule has 1 fully saturated rings. The number of hydrogen-bond donors (Lipinski definition) is 2. The van der Waals surface area contributed by atoms with Gasteiger partial charge in [-0.25, -0.2) is 0 Å². The number of amides is 1. The van der Waals surface area contributed by atoms with E-state index in [1.807, 2.05) is 0 Å². The van der Waals surface area contributed by atoms with E-state index in [0.29, 0.717) is 24.8 Å². The summed E-state index contributed by atoms with van der Waals surface area (Å²) in [5.74, 6) is 1.32. The van der Waals surface area contributed by atoms with Gasteiger partial charge in [-0.15, -0.1) is 0 Å². The molecule has 0 aliphatic carbocycles. The molecule has 0 spiro atoms. The summed E-state index contributed by atoms with van der Waals surface area (Å²) in [6, 6.07) is 8.79. The van der Waals surface area contributed by atoms with E-state index in [-0.39, 0.29) is 11.9 Å². The van der Waals surface area contributed by atoms with Crippen LogP contribution in [0.15, 0.2) is 24.3 Å². The van der Waals surface area contributed by atoms with Gasteiger partial charge in [-0.05, 0) is 64.3 Å². The standard InChI is InChI=1S/C20H33N3O/c1-15-5-7-18(8-6-15)19(23(3)4)14-22-20(24)13-16(2)17-9-11-21-12-10-17/h5-8,16-17,19,21H,9-14H2,1-4H3,(H,22,24). The molecule has 2 N–H and O–H groups in total. The second kappa shape index (κ2) is 9.19. The van der Waals surface area contributed by atoms with Crippen molar-refractivity contribution in [3.05, 3.63) is 35.4 Å². The van der Waals surface area contributed by atoms with Crippen LogP contribution in [0.3, 0.4) is 0 Å². The lowest BCUT2D eigenvalue weighted by molar-refractivity contribution is -0.122. The molecule has 24 heavy (non-hydrogen) atoms. The fraction of sp³-hybridized carbons (Fsp3) is 0.650. The van der Waals surface area contributed by atoms with Gasteiger partial charge in [0.2, 0.25) is 5.91 Å². The predicted molar refractivity (Wildman–Crippen MR) is 100.0 cm³/mol. The maximum Gasteiger partial charge on any atom is 0.220 e. The smallest absolute Gasteiger partial charge is 0.220 e. The van der Waals surface area contributed by atoms with E-state index in [9.17, 15) is 4.79 Å². The average Bonchev–Trinajstić information content (AvgIpc) is 2.57. The summed E-state index contributed by atoms with van der Waals surface area (Å²) < 4.78 is 0. The third-order valence-electron chi connectivity index (χ3n) is 5.27. The lowest BCUT2D eigenvalue weighted by atomic mass is 9.84. The van der Waals surface area contributed by atoms with Crippen LogP contribution in [0.25, 0.3) is 0 Å². The van der Waals surface area contributed by atoms with Crippen molar-refractivity contribution in [1.82, 2.24) is 15.5 Å². The second-order valence-electron chi connectivity index (χ2n) is 7.46. The largest absolute Gasteiger partial charge is 0.354 e. The number of likely N-dealkylation sites (N-methyl/N-ethyl adjacent to an activating group) is 1. The fourth-order valence-corrected chi connectivity index (χ4v) is 3.54. The lowest BCUT2D eigenvalue weighted by Gasteiger charge is -2.29. The van der Waals surface area contributed by atoms with Crippen LogP contribution >= 0.6 is 0 Å². The van der Waals surface area contributed by atoms with Crippen LogP contribution in [0.2, 0.25) is 0 Å². The van der Waals surface area contributed by atoms with Gasteiger partial charge in [-0.2, -0.15) is 0 Å². The Balaban J connectivity index is 1.84. The molecular formula is C20H33N3O. The van der Waals surface area contributed by atoms with E-state index in [1.165, 1.54) is 24.0 Å². The summed E-state index contributed by atoms with van der Waals surface area (Å²) >= 11 is 0. The summed E-state index contributed by atoms with van der Waals surface area (Å²) in [5.41, 5.74) is 2.51. The number of carbonyl (C=O) groups is 1. The highest BCUT2D eigenvalue weighted by Crippen LogP contribution is 2.24. The second-order valence-corrected chi connectivity index (χ2v) is 7.46. The van der Waals surface area contributed by atoms with Crippen molar-refractivity contribution in [1.29, 1.82) is 0 Å². The first-order valence-corrected chi connectivity index (χ1v) is 9.17. The first-order chi connectivity index (χ1) is 11.5. The summed E-state index contributed by atoms with van der Waals surface area (Å²) in [6.07, 6.45) is 3.02. The van der Waals surface area contributed by atoms with Crippen molar-refractivity contribution >= 4 is 5.91 Å². The Morgan fingerprint density at radius 1 is 1.25 bits per heavy atom. The van der Waals surface area contributed by atoms with Crippen LogP contribution in [0.5, 0.6) is 0 Å².